The van der Waals surface area contributed by atoms with E-state index in [1.165, 1.54) is 35.7 Å². The molecular weight excluding hydrogens is 540 g/mol. The maximum atomic E-state index is 10.7. The zero-order valence-electron chi connectivity index (χ0n) is 23.0. The topological polar surface area (TPSA) is 148 Å². The first-order chi connectivity index (χ1) is 21.0. The number of aryl methyl sites for hydroxylation is 2. The molecule has 210 valence electrons. The van der Waals surface area contributed by atoms with Crippen molar-refractivity contribution in [2.45, 2.75) is 19.3 Å². The highest BCUT2D eigenvalue weighted by molar-refractivity contribution is 5.95. The number of nitrogens with zero attached hydrogens (tertiary/aromatic N) is 6. The zero-order valence-corrected chi connectivity index (χ0v) is 23.0. The molecule has 1 aliphatic carbocycles. The lowest BCUT2D eigenvalue weighted by atomic mass is 10.1. The van der Waals surface area contributed by atoms with E-state index in [9.17, 15) is 9.59 Å². The van der Waals surface area contributed by atoms with Crippen molar-refractivity contribution in [3.8, 4) is 35.2 Å². The van der Waals surface area contributed by atoms with Crippen LogP contribution in [0, 0.1) is 12.3 Å². The number of carbonyl (C=O) groups excluding carboxylic acids is 2. The second-order valence-corrected chi connectivity index (χ2v) is 9.90. The normalized spacial score (nSPS) is 11.8. The monoisotopic (exact) mass is 566 g/mol. The van der Waals surface area contributed by atoms with E-state index in [2.05, 4.69) is 38.8 Å². The maximum Gasteiger partial charge on any atom is 0.248 e. The van der Waals surface area contributed by atoms with E-state index < -0.39 is 5.91 Å². The van der Waals surface area contributed by atoms with Gasteiger partial charge in [-0.15, -0.1) is 6.42 Å². The molecule has 0 spiro atoms. The summed E-state index contributed by atoms with van der Waals surface area (Å²) in [4.78, 5) is 35.3. The number of nitrogen functional groups attached to an aromatic ring is 1. The Morgan fingerprint density at radius 3 is 2.58 bits per heavy atom. The lowest BCUT2D eigenvalue weighted by molar-refractivity contribution is 0.1000. The van der Waals surface area contributed by atoms with Crippen LogP contribution in [0.2, 0.25) is 0 Å². The molecule has 10 heteroatoms. The summed E-state index contributed by atoms with van der Waals surface area (Å²) in [5, 5.41) is 4.32. The third kappa shape index (κ3) is 5.23. The summed E-state index contributed by atoms with van der Waals surface area (Å²) in [5.41, 5.74) is 18.5. The van der Waals surface area contributed by atoms with Crippen molar-refractivity contribution in [1.29, 1.82) is 0 Å². The van der Waals surface area contributed by atoms with Gasteiger partial charge in [-0.25, -0.2) is 19.6 Å². The molecule has 7 rings (SSSR count). The summed E-state index contributed by atoms with van der Waals surface area (Å²) in [6, 6.07) is 20.6. The molecule has 0 saturated heterocycles. The average molecular weight is 567 g/mol. The van der Waals surface area contributed by atoms with E-state index in [1.54, 1.807) is 17.1 Å². The van der Waals surface area contributed by atoms with Gasteiger partial charge in [-0.1, -0.05) is 12.0 Å². The number of terminal acetylenes is 1. The third-order valence-corrected chi connectivity index (χ3v) is 7.27. The molecule has 0 unspecified atom stereocenters. The van der Waals surface area contributed by atoms with Gasteiger partial charge in [0, 0.05) is 41.0 Å². The molecule has 6 aromatic rings. The Labute approximate surface area is 247 Å². The van der Waals surface area contributed by atoms with Gasteiger partial charge in [-0.2, -0.15) is 5.10 Å². The Kier molecular flexibility index (Phi) is 7.20. The molecule has 2 aromatic carbocycles. The summed E-state index contributed by atoms with van der Waals surface area (Å²) in [5.74, 6) is 3.67. The number of fused-ring (bicyclic) bond motifs is 2. The molecular formula is C33H26N8O2. The third-order valence-electron chi connectivity index (χ3n) is 7.27. The summed E-state index contributed by atoms with van der Waals surface area (Å²) in [6.45, 7) is 0. The van der Waals surface area contributed by atoms with Crippen LogP contribution in [0.25, 0.3) is 34.1 Å². The van der Waals surface area contributed by atoms with Crippen LogP contribution in [0.3, 0.4) is 0 Å². The lowest BCUT2D eigenvalue weighted by Gasteiger charge is -2.12. The van der Waals surface area contributed by atoms with Crippen LogP contribution in [0.15, 0.2) is 85.3 Å². The Morgan fingerprint density at radius 2 is 1.84 bits per heavy atom. The second kappa shape index (κ2) is 11.4. The summed E-state index contributed by atoms with van der Waals surface area (Å²) in [7, 11) is 0. The fourth-order valence-electron chi connectivity index (χ4n) is 5.15. The highest BCUT2D eigenvalue weighted by Gasteiger charge is 2.20. The van der Waals surface area contributed by atoms with Crippen molar-refractivity contribution in [3.63, 3.8) is 0 Å². The number of carbonyl (C=O) groups is 2. The van der Waals surface area contributed by atoms with Gasteiger partial charge in [0.1, 0.15) is 11.3 Å². The number of anilines is 1. The molecule has 4 aromatic heterocycles. The van der Waals surface area contributed by atoms with E-state index >= 15 is 0 Å². The molecule has 10 nitrogen and oxygen atoms in total. The van der Waals surface area contributed by atoms with Crippen LogP contribution in [0.4, 0.5) is 5.82 Å². The first-order valence-corrected chi connectivity index (χ1v) is 13.5. The van der Waals surface area contributed by atoms with Crippen molar-refractivity contribution in [2.24, 2.45) is 5.73 Å². The van der Waals surface area contributed by atoms with E-state index in [0.717, 1.165) is 46.9 Å². The van der Waals surface area contributed by atoms with Gasteiger partial charge in [-0.05, 0) is 91.1 Å². The number of hydrogen-bond donors (Lipinski definition) is 2. The molecule has 4 heterocycles. The largest absolute Gasteiger partial charge is 0.383 e. The van der Waals surface area contributed by atoms with Gasteiger partial charge in [0.05, 0.1) is 5.56 Å². The van der Waals surface area contributed by atoms with Gasteiger partial charge in [0.2, 0.25) is 5.91 Å². The molecule has 4 N–H and O–H groups in total. The number of hydrogen-bond acceptors (Lipinski definition) is 7. The molecule has 43 heavy (non-hydrogen) atoms. The number of primary amides is 1. The number of nitrogens with two attached hydrogens (primary N) is 2. The summed E-state index contributed by atoms with van der Waals surface area (Å²) < 4.78 is 3.83. The quantitative estimate of drug-likeness (QED) is 0.233. The van der Waals surface area contributed by atoms with Crippen molar-refractivity contribution in [2.75, 3.05) is 5.73 Å². The van der Waals surface area contributed by atoms with Crippen LogP contribution in [0.1, 0.15) is 43.8 Å². The summed E-state index contributed by atoms with van der Waals surface area (Å²) in [6.07, 6.45) is 14.5. The van der Waals surface area contributed by atoms with E-state index in [4.69, 9.17) is 27.9 Å². The smallest absolute Gasteiger partial charge is 0.248 e. The van der Waals surface area contributed by atoms with Crippen molar-refractivity contribution in [3.05, 3.63) is 113 Å². The van der Waals surface area contributed by atoms with E-state index in [1.807, 2.05) is 36.5 Å². The lowest BCUT2D eigenvalue weighted by Crippen LogP contribution is -2.11. The number of benzene rings is 2. The predicted molar refractivity (Wildman–Crippen MR) is 164 cm³/mol. The highest BCUT2D eigenvalue weighted by Crippen LogP contribution is 2.32. The number of amides is 1. The number of aldehydes is 1. The first-order valence-electron chi connectivity index (χ1n) is 13.5. The predicted octanol–water partition coefficient (Wildman–Crippen LogP) is 4.32. The van der Waals surface area contributed by atoms with Crippen molar-refractivity contribution < 1.29 is 9.59 Å². The van der Waals surface area contributed by atoms with E-state index in [-0.39, 0.29) is 5.56 Å². The number of pyridine rings is 2. The zero-order chi connectivity index (χ0) is 29.9. The van der Waals surface area contributed by atoms with Crippen molar-refractivity contribution >= 4 is 29.2 Å². The molecule has 0 aliphatic heterocycles. The molecule has 0 bridgehead atoms. The number of rotatable bonds is 5. The van der Waals surface area contributed by atoms with Gasteiger partial charge < -0.3 is 11.5 Å². The van der Waals surface area contributed by atoms with Crippen molar-refractivity contribution in [1.82, 2.24) is 29.3 Å². The molecule has 1 amide bonds. The fourth-order valence-corrected chi connectivity index (χ4v) is 5.15. The Bertz CT molecular complexity index is 2040. The van der Waals surface area contributed by atoms with Crippen LogP contribution in [0.5, 0.6) is 0 Å². The Hall–Kier alpha value is -6.08. The highest BCUT2D eigenvalue weighted by atomic mass is 16.1. The SMILES string of the molecule is C#Cc1ccc(C(N)=O)cc1C=O.Nc1ncccc1-c1nc2ccc(-n3cccn3)nc2n1-c1ccc2c(c1)CCC2. The van der Waals surface area contributed by atoms with E-state index in [0.29, 0.717) is 23.2 Å². The molecule has 0 saturated carbocycles. The maximum absolute atomic E-state index is 10.7. The fraction of sp³-hybridized carbons (Fsp3) is 0.0909. The number of aromatic nitrogens is 6. The van der Waals surface area contributed by atoms with Crippen LogP contribution in [-0.2, 0) is 12.8 Å². The minimum Gasteiger partial charge on any atom is -0.383 e. The van der Waals surface area contributed by atoms with Gasteiger partial charge in [-0.3, -0.25) is 14.2 Å². The molecule has 1 aliphatic rings. The van der Waals surface area contributed by atoms with Gasteiger partial charge in [0.15, 0.2) is 23.6 Å². The van der Waals surface area contributed by atoms with Crippen LogP contribution >= 0.6 is 0 Å². The molecule has 0 atom stereocenters. The standard InChI is InChI=1S/C23H19N7.C10H7NO2/c24-21-18(6-2-11-25-21)22-27-19-9-10-20(29-13-3-12-26-29)28-23(19)30(22)17-8-7-15-4-1-5-16(15)14-17;1-2-7-3-4-8(10(11)13)5-9(7)6-12/h2-3,6-14H,1,4-5H2,(H2,24,25);1,3-6H,(H2,11,13). The Balaban J connectivity index is 0.000000214. The minimum absolute atomic E-state index is 0.279. The average Bonchev–Trinajstić information content (AvgIpc) is 3.80. The Morgan fingerprint density at radius 1 is 0.977 bits per heavy atom. The summed E-state index contributed by atoms with van der Waals surface area (Å²) >= 11 is 0. The van der Waals surface area contributed by atoms with Gasteiger partial charge >= 0.3 is 0 Å². The van der Waals surface area contributed by atoms with Crippen LogP contribution in [-0.4, -0.2) is 41.5 Å². The van der Waals surface area contributed by atoms with Crippen LogP contribution < -0.4 is 11.5 Å². The minimum atomic E-state index is -0.577. The second-order valence-electron chi connectivity index (χ2n) is 9.90. The molecule has 0 radical (unpaired) electrons. The molecule has 0 fully saturated rings. The first kappa shape index (κ1) is 27.1. The van der Waals surface area contributed by atoms with Gasteiger partial charge in [0.25, 0.3) is 0 Å². The number of imidazole rings is 1.